The van der Waals surface area contributed by atoms with Crippen LogP contribution in [0.2, 0.25) is 0 Å². The molecule has 15 heavy (non-hydrogen) atoms. The van der Waals surface area contributed by atoms with Crippen LogP contribution in [0.5, 0.6) is 0 Å². The first-order valence-corrected chi connectivity index (χ1v) is 6.91. The lowest BCUT2D eigenvalue weighted by molar-refractivity contribution is 0.500. The molecule has 0 aliphatic rings. The average molecular weight is 275 g/mol. The van der Waals surface area contributed by atoms with Crippen molar-refractivity contribution in [2.75, 3.05) is 0 Å². The van der Waals surface area contributed by atoms with Crippen LogP contribution >= 0.6 is 34.8 Å². The summed E-state index contributed by atoms with van der Waals surface area (Å²) in [6.07, 6.45) is 8.56. The van der Waals surface area contributed by atoms with E-state index in [1.165, 1.54) is 19.3 Å². The van der Waals surface area contributed by atoms with Gasteiger partial charge >= 0.3 is 0 Å². The van der Waals surface area contributed by atoms with Crippen molar-refractivity contribution in [2.45, 2.75) is 68.1 Å². The number of hydrogen-bond donors (Lipinski definition) is 1. The maximum absolute atomic E-state index is 5.97. The van der Waals surface area contributed by atoms with Crippen LogP contribution in [-0.4, -0.2) is 9.83 Å². The molecule has 0 aliphatic carbocycles. The highest BCUT2D eigenvalue weighted by molar-refractivity contribution is 6.67. The number of unbranched alkanes of at least 4 members (excludes halogenated alkanes) is 3. The zero-order chi connectivity index (χ0) is 11.7. The maximum Gasteiger partial charge on any atom is 0.190 e. The molecule has 0 spiro atoms. The molecule has 0 aromatic carbocycles. The van der Waals surface area contributed by atoms with Gasteiger partial charge in [0.25, 0.3) is 0 Å². The molecule has 1 unspecified atom stereocenters. The van der Waals surface area contributed by atoms with Gasteiger partial charge in [0.15, 0.2) is 3.79 Å². The summed E-state index contributed by atoms with van der Waals surface area (Å²) in [4.78, 5) is 0. The number of hydrogen-bond acceptors (Lipinski definition) is 1. The first-order chi connectivity index (χ1) is 6.95. The molecular weight excluding hydrogens is 252 g/mol. The molecule has 0 aromatic heterocycles. The van der Waals surface area contributed by atoms with E-state index in [1.807, 2.05) is 0 Å². The lowest BCUT2D eigenvalue weighted by Gasteiger charge is -2.13. The molecule has 1 nitrogen and oxygen atoms in total. The van der Waals surface area contributed by atoms with Crippen LogP contribution < -0.4 is 5.73 Å². The van der Waals surface area contributed by atoms with Crippen LogP contribution in [0.3, 0.4) is 0 Å². The van der Waals surface area contributed by atoms with Crippen molar-refractivity contribution >= 4 is 34.8 Å². The Labute approximate surface area is 109 Å². The highest BCUT2D eigenvalue weighted by Crippen LogP contribution is 2.32. The third-order valence-electron chi connectivity index (χ3n) is 2.46. The number of nitrogens with two attached hydrogens (primary N) is 1. The van der Waals surface area contributed by atoms with Gasteiger partial charge in [-0.1, -0.05) is 67.4 Å². The normalized spacial score (nSPS) is 14.2. The standard InChI is InChI=1S/C11H22Cl3N/c1-2-3-4-7-10(15)8-5-6-9-11(12,13)14/h10H,2-9,15H2,1H3. The van der Waals surface area contributed by atoms with Gasteiger partial charge < -0.3 is 5.73 Å². The summed E-state index contributed by atoms with van der Waals surface area (Å²) in [5, 5.41) is 0. The second-order valence-corrected chi connectivity index (χ2v) is 6.63. The van der Waals surface area contributed by atoms with E-state index in [-0.39, 0.29) is 0 Å². The zero-order valence-electron chi connectivity index (χ0n) is 9.45. The van der Waals surface area contributed by atoms with Gasteiger partial charge in [-0.05, 0) is 25.7 Å². The van der Waals surface area contributed by atoms with E-state index in [0.717, 1.165) is 25.7 Å². The van der Waals surface area contributed by atoms with Gasteiger partial charge in [0.2, 0.25) is 0 Å². The molecule has 0 aliphatic heterocycles. The van der Waals surface area contributed by atoms with Gasteiger partial charge in [0.05, 0.1) is 0 Å². The summed E-state index contributed by atoms with van der Waals surface area (Å²) in [5.41, 5.74) is 5.97. The summed E-state index contributed by atoms with van der Waals surface area (Å²) in [6, 6.07) is 0.326. The predicted molar refractivity (Wildman–Crippen MR) is 70.9 cm³/mol. The third kappa shape index (κ3) is 12.8. The Morgan fingerprint density at radius 3 is 2.00 bits per heavy atom. The van der Waals surface area contributed by atoms with E-state index in [1.54, 1.807) is 0 Å². The fraction of sp³-hybridized carbons (Fsp3) is 1.00. The van der Waals surface area contributed by atoms with Crippen LogP contribution in [0.4, 0.5) is 0 Å². The Hall–Kier alpha value is 0.830. The molecule has 0 amide bonds. The molecule has 0 fully saturated rings. The summed E-state index contributed by atoms with van der Waals surface area (Å²) >= 11 is 17.0. The van der Waals surface area contributed by atoms with Crippen molar-refractivity contribution in [1.82, 2.24) is 0 Å². The minimum atomic E-state index is -1.09. The second-order valence-electron chi connectivity index (χ2n) is 4.12. The van der Waals surface area contributed by atoms with Crippen molar-refractivity contribution in [1.29, 1.82) is 0 Å². The molecule has 1 atom stereocenters. The van der Waals surface area contributed by atoms with Crippen LogP contribution in [0.25, 0.3) is 0 Å². The van der Waals surface area contributed by atoms with Gasteiger partial charge in [0.1, 0.15) is 0 Å². The summed E-state index contributed by atoms with van der Waals surface area (Å²) in [7, 11) is 0. The minimum Gasteiger partial charge on any atom is -0.328 e. The molecule has 0 rings (SSSR count). The largest absolute Gasteiger partial charge is 0.328 e. The number of halogens is 3. The average Bonchev–Trinajstić information content (AvgIpc) is 2.11. The van der Waals surface area contributed by atoms with Gasteiger partial charge in [-0.3, -0.25) is 0 Å². The van der Waals surface area contributed by atoms with E-state index in [9.17, 15) is 0 Å². The highest BCUT2D eigenvalue weighted by atomic mass is 35.6. The molecule has 0 saturated heterocycles. The van der Waals surface area contributed by atoms with Gasteiger partial charge in [-0.2, -0.15) is 0 Å². The Kier molecular flexibility index (Phi) is 9.42. The fourth-order valence-electron chi connectivity index (χ4n) is 1.53. The first-order valence-electron chi connectivity index (χ1n) is 5.78. The van der Waals surface area contributed by atoms with E-state index in [4.69, 9.17) is 40.5 Å². The Bertz CT molecular complexity index is 145. The predicted octanol–water partition coefficient (Wildman–Crippen LogP) is 4.82. The Morgan fingerprint density at radius 1 is 1.00 bits per heavy atom. The van der Waals surface area contributed by atoms with Crippen molar-refractivity contribution < 1.29 is 0 Å². The van der Waals surface area contributed by atoms with Crippen molar-refractivity contribution in [3.8, 4) is 0 Å². The van der Waals surface area contributed by atoms with Crippen LogP contribution in [0.15, 0.2) is 0 Å². The van der Waals surface area contributed by atoms with Crippen LogP contribution in [-0.2, 0) is 0 Å². The van der Waals surface area contributed by atoms with E-state index in [2.05, 4.69) is 6.92 Å². The van der Waals surface area contributed by atoms with E-state index in [0.29, 0.717) is 12.5 Å². The number of rotatable bonds is 8. The molecule has 0 aromatic rings. The van der Waals surface area contributed by atoms with Crippen molar-refractivity contribution in [3.63, 3.8) is 0 Å². The Morgan fingerprint density at radius 2 is 1.53 bits per heavy atom. The van der Waals surface area contributed by atoms with E-state index < -0.39 is 3.79 Å². The SMILES string of the molecule is CCCCCC(N)CCCCC(Cl)(Cl)Cl. The van der Waals surface area contributed by atoms with E-state index >= 15 is 0 Å². The second kappa shape index (κ2) is 8.92. The first kappa shape index (κ1) is 15.8. The van der Waals surface area contributed by atoms with Gasteiger partial charge in [-0.25, -0.2) is 0 Å². The molecule has 0 bridgehead atoms. The van der Waals surface area contributed by atoms with Crippen LogP contribution in [0, 0.1) is 0 Å². The van der Waals surface area contributed by atoms with Gasteiger partial charge in [0, 0.05) is 6.04 Å². The lowest BCUT2D eigenvalue weighted by atomic mass is 10.0. The third-order valence-corrected chi connectivity index (χ3v) is 3.03. The maximum atomic E-state index is 5.97. The minimum absolute atomic E-state index is 0.326. The lowest BCUT2D eigenvalue weighted by Crippen LogP contribution is -2.19. The quantitative estimate of drug-likeness (QED) is 0.498. The summed E-state index contributed by atoms with van der Waals surface area (Å²) < 4.78 is -1.09. The Balaban J connectivity index is 3.27. The van der Waals surface area contributed by atoms with Crippen molar-refractivity contribution in [2.24, 2.45) is 5.73 Å². The fourth-order valence-corrected chi connectivity index (χ4v) is 1.93. The summed E-state index contributed by atoms with van der Waals surface area (Å²) in [6.45, 7) is 2.20. The van der Waals surface area contributed by atoms with Gasteiger partial charge in [-0.15, -0.1) is 0 Å². The highest BCUT2D eigenvalue weighted by Gasteiger charge is 2.18. The molecule has 92 valence electrons. The molecular formula is C11H22Cl3N. The smallest absolute Gasteiger partial charge is 0.190 e. The number of alkyl halides is 3. The monoisotopic (exact) mass is 273 g/mol. The topological polar surface area (TPSA) is 26.0 Å². The summed E-state index contributed by atoms with van der Waals surface area (Å²) in [5.74, 6) is 0. The molecule has 2 N–H and O–H groups in total. The zero-order valence-corrected chi connectivity index (χ0v) is 11.7. The molecule has 0 radical (unpaired) electrons. The molecule has 0 heterocycles. The van der Waals surface area contributed by atoms with Crippen molar-refractivity contribution in [3.05, 3.63) is 0 Å². The van der Waals surface area contributed by atoms with Crippen LogP contribution in [0.1, 0.15) is 58.3 Å². The molecule has 0 saturated carbocycles. The molecule has 4 heteroatoms.